The van der Waals surface area contributed by atoms with Crippen LogP contribution in [-0.2, 0) is 0 Å². The number of hydrogen-bond donors (Lipinski definition) is 0. The second-order valence-electron chi connectivity index (χ2n) is 1.01. The molecule has 0 nitrogen and oxygen atoms in total. The summed E-state index contributed by atoms with van der Waals surface area (Å²) in [5.74, 6) is 0. The summed E-state index contributed by atoms with van der Waals surface area (Å²) < 4.78 is 0. The predicted molar refractivity (Wildman–Crippen MR) is 33.5 cm³/mol. The van der Waals surface area contributed by atoms with Gasteiger partial charge in [0.2, 0.25) is 0 Å². The fourth-order valence-electron chi connectivity index (χ4n) is 0.271. The minimum Gasteiger partial charge on any atom is -0.231 e. The molecule has 0 saturated heterocycles. The van der Waals surface area contributed by atoms with Crippen molar-refractivity contribution in [2.24, 2.45) is 0 Å². The molecule has 0 bridgehead atoms. The smallest absolute Gasteiger partial charge is 0.231 e. The summed E-state index contributed by atoms with van der Waals surface area (Å²) in [6, 6.07) is 0. The first-order valence-electron chi connectivity index (χ1n) is 1.66. The Hall–Kier alpha value is 1.31. The molecule has 0 N–H and O–H groups in total. The van der Waals surface area contributed by atoms with E-state index in [2.05, 4.69) is 12.3 Å². The van der Waals surface area contributed by atoms with E-state index in [0.29, 0.717) is 0 Å². The van der Waals surface area contributed by atoms with Crippen molar-refractivity contribution in [3.63, 3.8) is 0 Å². The Labute approximate surface area is 74.8 Å². The summed E-state index contributed by atoms with van der Waals surface area (Å²) in [6.07, 6.45) is 0. The molecule has 1 rings (SSSR count). The fraction of sp³-hybridized carbons (Fsp3) is 0.250. The van der Waals surface area contributed by atoms with E-state index >= 15 is 0 Å². The predicted octanol–water partition coefficient (Wildman–Crippen LogP) is -0.897. The van der Waals surface area contributed by atoms with E-state index in [1.54, 1.807) is 0 Å². The zero-order valence-corrected chi connectivity index (χ0v) is 7.94. The van der Waals surface area contributed by atoms with Crippen LogP contribution in [0, 0.1) is 6.92 Å². The standard InChI is InChI=1S/C4H5S2.Na/c1-4-2-5-3-6-4;/h2H,1,3H2;/q-1;+1. The van der Waals surface area contributed by atoms with Crippen LogP contribution in [0.1, 0.15) is 0 Å². The Morgan fingerprint density at radius 3 is 2.57 bits per heavy atom. The van der Waals surface area contributed by atoms with Gasteiger partial charge in [-0.05, 0) is 0 Å². The van der Waals surface area contributed by atoms with Gasteiger partial charge in [-0.2, -0.15) is 22.1 Å². The van der Waals surface area contributed by atoms with E-state index in [9.17, 15) is 0 Å². The molecule has 1 aliphatic rings. The summed E-state index contributed by atoms with van der Waals surface area (Å²) in [6.45, 7) is 3.74. The van der Waals surface area contributed by atoms with Gasteiger partial charge < -0.3 is 0 Å². The molecule has 0 aromatic carbocycles. The van der Waals surface area contributed by atoms with E-state index in [1.165, 1.54) is 9.99 Å². The minimum atomic E-state index is 0. The quantitative estimate of drug-likeness (QED) is 0.316. The third-order valence-corrected chi connectivity index (χ3v) is 2.63. The van der Waals surface area contributed by atoms with Crippen LogP contribution >= 0.6 is 23.5 Å². The molecule has 3 heteroatoms. The zero-order chi connectivity index (χ0) is 4.41. The Bertz CT molecular complexity index is 79.8. The molecule has 0 spiro atoms. The van der Waals surface area contributed by atoms with Crippen molar-refractivity contribution < 1.29 is 29.6 Å². The third kappa shape index (κ3) is 2.98. The van der Waals surface area contributed by atoms with Gasteiger partial charge in [0.25, 0.3) is 0 Å². The molecule has 1 aliphatic heterocycles. The van der Waals surface area contributed by atoms with Crippen molar-refractivity contribution in [2.75, 3.05) is 5.08 Å². The summed E-state index contributed by atoms with van der Waals surface area (Å²) in [5, 5.41) is 3.25. The summed E-state index contributed by atoms with van der Waals surface area (Å²) in [4.78, 5) is 1.21. The average molecular weight is 140 g/mol. The van der Waals surface area contributed by atoms with Crippen LogP contribution in [0.4, 0.5) is 0 Å². The number of allylic oxidation sites excluding steroid dienone is 1. The molecule has 0 aromatic rings. The zero-order valence-electron chi connectivity index (χ0n) is 4.31. The normalized spacial score (nSPS) is 18.0. The van der Waals surface area contributed by atoms with E-state index in [-0.39, 0.29) is 29.6 Å². The van der Waals surface area contributed by atoms with Crippen LogP contribution in [0.5, 0.6) is 0 Å². The molecule has 0 amide bonds. The first kappa shape index (κ1) is 8.31. The molecule has 7 heavy (non-hydrogen) atoms. The molecule has 34 valence electrons. The van der Waals surface area contributed by atoms with Crippen LogP contribution in [0.3, 0.4) is 0 Å². The molecule has 0 aromatic heterocycles. The number of rotatable bonds is 0. The van der Waals surface area contributed by atoms with Gasteiger partial charge in [-0.15, -0.1) is 0 Å². The summed E-state index contributed by atoms with van der Waals surface area (Å²) in [5.41, 5.74) is 0. The molecular formula is C4H5NaS2. The Morgan fingerprint density at radius 2 is 2.43 bits per heavy atom. The van der Waals surface area contributed by atoms with Gasteiger partial charge in [0.05, 0.1) is 0 Å². The minimum absolute atomic E-state index is 0. The van der Waals surface area contributed by atoms with Crippen molar-refractivity contribution >= 4 is 23.5 Å². The maximum atomic E-state index is 3.74. The maximum absolute atomic E-state index is 3.74. The van der Waals surface area contributed by atoms with Crippen molar-refractivity contribution in [3.05, 3.63) is 17.2 Å². The Balaban J connectivity index is 0.000000360. The Morgan fingerprint density at radius 1 is 1.71 bits per heavy atom. The molecule has 0 atom stereocenters. The van der Waals surface area contributed by atoms with E-state index in [4.69, 9.17) is 0 Å². The average Bonchev–Trinajstić information content (AvgIpc) is 1.86. The van der Waals surface area contributed by atoms with Crippen molar-refractivity contribution in [3.8, 4) is 0 Å². The van der Waals surface area contributed by atoms with Gasteiger partial charge in [-0.1, -0.05) is 0 Å². The largest absolute Gasteiger partial charge is 1.00 e. The van der Waals surface area contributed by atoms with Gasteiger partial charge in [-0.25, -0.2) is 18.7 Å². The second-order valence-corrected chi connectivity index (χ2v) is 3.34. The molecular weight excluding hydrogens is 135 g/mol. The van der Waals surface area contributed by atoms with Crippen molar-refractivity contribution in [1.29, 1.82) is 0 Å². The topological polar surface area (TPSA) is 0 Å². The molecule has 0 aliphatic carbocycles. The number of hydrogen-bond acceptors (Lipinski definition) is 2. The van der Waals surface area contributed by atoms with Crippen LogP contribution in [0.2, 0.25) is 0 Å². The monoisotopic (exact) mass is 140 g/mol. The third-order valence-electron chi connectivity index (χ3n) is 0.527. The van der Waals surface area contributed by atoms with Crippen LogP contribution in [-0.4, -0.2) is 5.08 Å². The molecule has 0 saturated carbocycles. The molecule has 0 fully saturated rings. The molecule has 0 radical (unpaired) electrons. The van der Waals surface area contributed by atoms with Crippen LogP contribution < -0.4 is 29.6 Å². The molecule has 0 unspecified atom stereocenters. The SMILES string of the molecule is [CH2-]C1=CSCS1.[Na+]. The van der Waals surface area contributed by atoms with Gasteiger partial charge in [0.1, 0.15) is 0 Å². The van der Waals surface area contributed by atoms with Crippen LogP contribution in [0.25, 0.3) is 0 Å². The first-order chi connectivity index (χ1) is 2.89. The van der Waals surface area contributed by atoms with Gasteiger partial charge in [0.15, 0.2) is 0 Å². The van der Waals surface area contributed by atoms with Crippen molar-refractivity contribution in [2.45, 2.75) is 0 Å². The van der Waals surface area contributed by atoms with Crippen molar-refractivity contribution in [1.82, 2.24) is 0 Å². The van der Waals surface area contributed by atoms with E-state index in [1.807, 2.05) is 23.5 Å². The van der Waals surface area contributed by atoms with Gasteiger partial charge in [0, 0.05) is 5.08 Å². The van der Waals surface area contributed by atoms with Gasteiger partial charge in [-0.3, -0.25) is 0 Å². The van der Waals surface area contributed by atoms with E-state index in [0.717, 1.165) is 0 Å². The summed E-state index contributed by atoms with van der Waals surface area (Å²) in [7, 11) is 0. The fourth-order valence-corrected chi connectivity index (χ4v) is 2.08. The van der Waals surface area contributed by atoms with E-state index < -0.39 is 0 Å². The Kier molecular flexibility index (Phi) is 5.00. The van der Waals surface area contributed by atoms with Crippen LogP contribution in [0.15, 0.2) is 10.3 Å². The number of thioether (sulfide) groups is 2. The summed E-state index contributed by atoms with van der Waals surface area (Å²) >= 11 is 3.63. The second kappa shape index (κ2) is 4.21. The maximum Gasteiger partial charge on any atom is 1.00 e. The van der Waals surface area contributed by atoms with Gasteiger partial charge >= 0.3 is 29.6 Å². The first-order valence-corrected chi connectivity index (χ1v) is 3.69. The molecule has 1 heterocycles.